The van der Waals surface area contributed by atoms with E-state index in [2.05, 4.69) is 9.73 Å². The number of hydrogen-bond acceptors (Lipinski definition) is 7. The lowest BCUT2D eigenvalue weighted by Gasteiger charge is -2.14. The summed E-state index contributed by atoms with van der Waals surface area (Å²) in [7, 11) is -2.81. The number of nitrogens with zero attached hydrogens (tertiary/aromatic N) is 3. The third-order valence-electron chi connectivity index (χ3n) is 4.53. The van der Waals surface area contributed by atoms with Gasteiger partial charge in [0.05, 0.1) is 17.3 Å². The van der Waals surface area contributed by atoms with Crippen LogP contribution < -0.4 is 4.80 Å². The van der Waals surface area contributed by atoms with E-state index in [-0.39, 0.29) is 11.3 Å². The van der Waals surface area contributed by atoms with Gasteiger partial charge in [-0.1, -0.05) is 11.3 Å². The fraction of sp³-hybridized carbons (Fsp3) is 0.444. The molecule has 30 heavy (non-hydrogen) atoms. The molecule has 0 N–H and O–H groups in total. The van der Waals surface area contributed by atoms with Crippen molar-refractivity contribution in [3.8, 4) is 0 Å². The van der Waals surface area contributed by atoms with Crippen molar-refractivity contribution in [3.63, 3.8) is 0 Å². The van der Waals surface area contributed by atoms with Gasteiger partial charge in [-0.05, 0) is 31.0 Å². The maximum atomic E-state index is 13.5. The van der Waals surface area contributed by atoms with Gasteiger partial charge in [-0.2, -0.15) is 4.99 Å². The van der Waals surface area contributed by atoms with Crippen LogP contribution in [0.3, 0.4) is 0 Å². The van der Waals surface area contributed by atoms with Crippen molar-refractivity contribution in [3.05, 3.63) is 28.8 Å². The topological polar surface area (TPSA) is 115 Å². The third-order valence-corrected chi connectivity index (χ3v) is 6.94. The molecule has 2 aromatic rings. The number of fused-ring (bicyclic) bond motifs is 1. The number of methoxy groups -OCH3 is 1. The first-order chi connectivity index (χ1) is 14.2. The van der Waals surface area contributed by atoms with Gasteiger partial charge in [0.2, 0.25) is 5.91 Å². The minimum Gasteiger partial charge on any atom is -0.468 e. The molecule has 9 nitrogen and oxygen atoms in total. The second-order valence-corrected chi connectivity index (χ2v) is 9.86. The van der Waals surface area contributed by atoms with Crippen LogP contribution in [0, 0.1) is 5.82 Å². The summed E-state index contributed by atoms with van der Waals surface area (Å²) in [6.45, 7) is 0.742. The number of ether oxygens (including phenoxy) is 1. The molecule has 12 heteroatoms. The van der Waals surface area contributed by atoms with Crippen LogP contribution in [-0.2, 0) is 35.5 Å². The molecular formula is C18H20FN3O6S2. The largest absolute Gasteiger partial charge is 0.468 e. The van der Waals surface area contributed by atoms with Gasteiger partial charge in [0.15, 0.2) is 14.6 Å². The number of amides is 2. The SMILES string of the molecule is COC(=O)Cn1c(=NC(=O)CS(=O)(=O)CC(=O)N2CCCC2)sc2cc(F)ccc21. The molecule has 0 aliphatic carbocycles. The number of rotatable bonds is 6. The Balaban J connectivity index is 1.85. The summed E-state index contributed by atoms with van der Waals surface area (Å²) in [6.07, 6.45) is 1.65. The van der Waals surface area contributed by atoms with Crippen LogP contribution in [0.2, 0.25) is 0 Å². The van der Waals surface area contributed by atoms with Crippen molar-refractivity contribution >= 4 is 49.2 Å². The number of likely N-dealkylation sites (tertiary alicyclic amines) is 1. The molecule has 0 radical (unpaired) electrons. The van der Waals surface area contributed by atoms with E-state index in [1.54, 1.807) is 0 Å². The number of aromatic nitrogens is 1. The summed E-state index contributed by atoms with van der Waals surface area (Å²) >= 11 is 0.937. The average molecular weight is 458 g/mol. The third kappa shape index (κ3) is 5.30. The summed E-state index contributed by atoms with van der Waals surface area (Å²) in [5.74, 6) is -4.32. The molecule has 0 saturated carbocycles. The molecule has 1 aromatic carbocycles. The van der Waals surface area contributed by atoms with E-state index in [4.69, 9.17) is 0 Å². The van der Waals surface area contributed by atoms with Crippen LogP contribution >= 0.6 is 11.3 Å². The summed E-state index contributed by atoms with van der Waals surface area (Å²) in [5.41, 5.74) is 0.449. The Hall–Kier alpha value is -2.60. The average Bonchev–Trinajstić information content (AvgIpc) is 3.29. The summed E-state index contributed by atoms with van der Waals surface area (Å²) in [5, 5.41) is 0. The second kappa shape index (κ2) is 9.04. The van der Waals surface area contributed by atoms with Crippen molar-refractivity contribution in [2.75, 3.05) is 31.7 Å². The Morgan fingerprint density at radius 1 is 1.20 bits per heavy atom. The molecular weight excluding hydrogens is 437 g/mol. The molecule has 2 amide bonds. The predicted molar refractivity (Wildman–Crippen MR) is 107 cm³/mol. The Labute approximate surface area is 175 Å². The van der Waals surface area contributed by atoms with Gasteiger partial charge >= 0.3 is 5.97 Å². The number of sulfone groups is 1. The molecule has 0 spiro atoms. The maximum absolute atomic E-state index is 13.5. The van der Waals surface area contributed by atoms with Gasteiger partial charge in [-0.3, -0.25) is 14.4 Å². The van der Waals surface area contributed by atoms with Crippen LogP contribution in [0.15, 0.2) is 23.2 Å². The predicted octanol–water partition coefficient (Wildman–Crippen LogP) is 0.479. The van der Waals surface area contributed by atoms with Gasteiger partial charge in [-0.25, -0.2) is 12.8 Å². The molecule has 162 valence electrons. The smallest absolute Gasteiger partial charge is 0.325 e. The van der Waals surface area contributed by atoms with Crippen LogP contribution in [0.25, 0.3) is 10.2 Å². The molecule has 1 fully saturated rings. The molecule has 0 atom stereocenters. The van der Waals surface area contributed by atoms with Crippen LogP contribution in [0.5, 0.6) is 0 Å². The van der Waals surface area contributed by atoms with Gasteiger partial charge in [0.1, 0.15) is 23.9 Å². The summed E-state index contributed by atoms with van der Waals surface area (Å²) in [4.78, 5) is 41.4. The van der Waals surface area contributed by atoms with Crippen molar-refractivity contribution in [1.82, 2.24) is 9.47 Å². The van der Waals surface area contributed by atoms with E-state index in [1.807, 2.05) is 0 Å². The maximum Gasteiger partial charge on any atom is 0.325 e. The number of hydrogen-bond donors (Lipinski definition) is 0. The quantitative estimate of drug-likeness (QED) is 0.583. The second-order valence-electron chi connectivity index (χ2n) is 6.78. The van der Waals surface area contributed by atoms with Gasteiger partial charge in [0, 0.05) is 13.1 Å². The van der Waals surface area contributed by atoms with E-state index in [0.717, 1.165) is 24.2 Å². The highest BCUT2D eigenvalue weighted by Crippen LogP contribution is 2.19. The molecule has 1 saturated heterocycles. The minimum atomic E-state index is -4.01. The monoisotopic (exact) mass is 457 g/mol. The Kier molecular flexibility index (Phi) is 6.66. The molecule has 1 aliphatic rings. The Morgan fingerprint density at radius 3 is 2.57 bits per heavy atom. The zero-order valence-corrected chi connectivity index (χ0v) is 17.8. The minimum absolute atomic E-state index is 0.0343. The number of thiazole rings is 1. The van der Waals surface area contributed by atoms with Gasteiger partial charge < -0.3 is 14.2 Å². The van der Waals surface area contributed by atoms with Gasteiger partial charge in [-0.15, -0.1) is 0 Å². The number of halogens is 1. The summed E-state index contributed by atoms with van der Waals surface area (Å²) in [6, 6.07) is 3.85. The van der Waals surface area contributed by atoms with E-state index < -0.39 is 44.9 Å². The van der Waals surface area contributed by atoms with E-state index in [0.29, 0.717) is 23.3 Å². The number of benzene rings is 1. The highest BCUT2D eigenvalue weighted by molar-refractivity contribution is 7.92. The molecule has 0 bridgehead atoms. The lowest BCUT2D eigenvalue weighted by Crippen LogP contribution is -2.35. The van der Waals surface area contributed by atoms with E-state index in [1.165, 1.54) is 34.8 Å². The fourth-order valence-corrected chi connectivity index (χ4v) is 5.28. The lowest BCUT2D eigenvalue weighted by atomic mass is 10.3. The van der Waals surface area contributed by atoms with Crippen LogP contribution in [0.1, 0.15) is 12.8 Å². The highest BCUT2D eigenvalue weighted by Gasteiger charge is 2.26. The van der Waals surface area contributed by atoms with Crippen molar-refractivity contribution in [1.29, 1.82) is 0 Å². The fourth-order valence-electron chi connectivity index (χ4n) is 3.10. The van der Waals surface area contributed by atoms with E-state index >= 15 is 0 Å². The van der Waals surface area contributed by atoms with Crippen molar-refractivity contribution in [2.24, 2.45) is 4.99 Å². The van der Waals surface area contributed by atoms with Crippen molar-refractivity contribution in [2.45, 2.75) is 19.4 Å². The standard InChI is InChI=1S/C18H20FN3O6S2/c1-28-17(25)9-22-13-5-4-12(19)8-14(13)29-18(22)20-15(23)10-30(26,27)11-16(24)21-6-2-3-7-21/h4-5,8H,2-3,6-7,9-11H2,1H3. The summed E-state index contributed by atoms with van der Waals surface area (Å²) < 4.78 is 44.5. The Bertz CT molecular complexity index is 1160. The van der Waals surface area contributed by atoms with Crippen LogP contribution in [-0.4, -0.2) is 67.4 Å². The highest BCUT2D eigenvalue weighted by atomic mass is 32.2. The van der Waals surface area contributed by atoms with Gasteiger partial charge in [0.25, 0.3) is 5.91 Å². The van der Waals surface area contributed by atoms with E-state index in [9.17, 15) is 27.2 Å². The molecule has 0 unspecified atom stereocenters. The molecule has 1 aliphatic heterocycles. The zero-order valence-electron chi connectivity index (χ0n) is 16.2. The molecule has 2 heterocycles. The van der Waals surface area contributed by atoms with Crippen molar-refractivity contribution < 1.29 is 31.9 Å². The molecule has 3 rings (SSSR count). The zero-order chi connectivity index (χ0) is 21.9. The first-order valence-corrected chi connectivity index (χ1v) is 11.7. The molecule has 1 aromatic heterocycles. The number of carbonyl (C=O) groups is 3. The lowest BCUT2D eigenvalue weighted by molar-refractivity contribution is -0.141. The van der Waals surface area contributed by atoms with Crippen LogP contribution in [0.4, 0.5) is 4.39 Å². The first-order valence-electron chi connectivity index (χ1n) is 9.10. The normalized spacial score (nSPS) is 15.0. The number of esters is 1. The Morgan fingerprint density at radius 2 is 1.90 bits per heavy atom. The number of carbonyl (C=O) groups excluding carboxylic acids is 3. The first kappa shape index (κ1) is 22.1.